The predicted octanol–water partition coefficient (Wildman–Crippen LogP) is 0.298. The second kappa shape index (κ2) is 15.4. The first-order valence-corrected chi connectivity index (χ1v) is 14.0. The summed E-state index contributed by atoms with van der Waals surface area (Å²) >= 11 is 0. The molecule has 0 unspecified atom stereocenters. The maximum absolute atomic E-state index is 13.8. The summed E-state index contributed by atoms with van der Waals surface area (Å²) < 4.78 is 0. The lowest BCUT2D eigenvalue weighted by Crippen LogP contribution is -2.57. The van der Waals surface area contributed by atoms with Gasteiger partial charge >= 0.3 is 11.9 Å². The molecule has 7 N–H and O–H groups in total. The first-order chi connectivity index (χ1) is 20.8. The largest absolute Gasteiger partial charge is 0.508 e. The Morgan fingerprint density at radius 2 is 1.34 bits per heavy atom. The van der Waals surface area contributed by atoms with Crippen LogP contribution in [0.5, 0.6) is 11.5 Å². The maximum atomic E-state index is 13.8. The third-order valence-corrected chi connectivity index (χ3v) is 7.15. The number of phenols is 2. The van der Waals surface area contributed by atoms with Gasteiger partial charge in [0.2, 0.25) is 23.6 Å². The van der Waals surface area contributed by atoms with Crippen LogP contribution in [0.15, 0.2) is 48.5 Å². The highest BCUT2D eigenvalue weighted by Crippen LogP contribution is 2.21. The van der Waals surface area contributed by atoms with Crippen molar-refractivity contribution in [2.24, 2.45) is 0 Å². The Kier molecular flexibility index (Phi) is 11.7. The zero-order chi connectivity index (χ0) is 32.4. The number of amides is 4. The standard InChI is InChI=1S/C30H36N4O10/c1-17(30(43)44)31-27(40)22(15-18-4-8-20(35)9-5-18)33-28(41)24-3-2-14-34(24)29(42)23(32-25(37)12-13-26(38)39)16-19-6-10-21(36)11-7-19/h4-11,17,22-24,35-36H,2-3,12-16H2,1H3,(H,31,40)(H,32,37)(H,33,41)(H,38,39)(H,43,44)/t17-,22-,23-,24-/m0/s1. The maximum Gasteiger partial charge on any atom is 0.325 e. The molecule has 2 aromatic rings. The van der Waals surface area contributed by atoms with Crippen LogP contribution >= 0.6 is 0 Å². The summed E-state index contributed by atoms with van der Waals surface area (Å²) in [7, 11) is 0. The average Bonchev–Trinajstić information content (AvgIpc) is 3.47. The molecule has 0 aromatic heterocycles. The van der Waals surface area contributed by atoms with Crippen LogP contribution in [-0.4, -0.2) is 91.6 Å². The number of carbonyl (C=O) groups excluding carboxylic acids is 4. The fourth-order valence-electron chi connectivity index (χ4n) is 4.78. The van der Waals surface area contributed by atoms with Gasteiger partial charge < -0.3 is 41.3 Å². The molecule has 4 atom stereocenters. The van der Waals surface area contributed by atoms with E-state index >= 15 is 0 Å². The van der Waals surface area contributed by atoms with E-state index in [1.54, 1.807) is 24.3 Å². The minimum absolute atomic E-state index is 0.00171. The van der Waals surface area contributed by atoms with Gasteiger partial charge in [-0.05, 0) is 55.2 Å². The van der Waals surface area contributed by atoms with Crippen LogP contribution in [0.4, 0.5) is 0 Å². The number of carboxylic acids is 2. The summed E-state index contributed by atoms with van der Waals surface area (Å²) in [6, 6.07) is 7.27. The van der Waals surface area contributed by atoms with Crippen LogP contribution in [0.3, 0.4) is 0 Å². The van der Waals surface area contributed by atoms with Crippen molar-refractivity contribution >= 4 is 35.6 Å². The summed E-state index contributed by atoms with van der Waals surface area (Å²) in [5, 5.41) is 44.9. The number of rotatable bonds is 14. The fourth-order valence-corrected chi connectivity index (χ4v) is 4.78. The third kappa shape index (κ3) is 9.71. The van der Waals surface area contributed by atoms with Crippen LogP contribution in [-0.2, 0) is 41.6 Å². The molecule has 1 heterocycles. The van der Waals surface area contributed by atoms with Crippen LogP contribution in [0.2, 0.25) is 0 Å². The molecule has 4 amide bonds. The number of nitrogens with zero attached hydrogens (tertiary/aromatic N) is 1. The molecule has 1 fully saturated rings. The number of nitrogens with one attached hydrogen (secondary N) is 3. The zero-order valence-electron chi connectivity index (χ0n) is 24.1. The van der Waals surface area contributed by atoms with Crippen molar-refractivity contribution in [2.75, 3.05) is 6.54 Å². The van der Waals surface area contributed by atoms with Gasteiger partial charge in [-0.15, -0.1) is 0 Å². The molecule has 14 heteroatoms. The van der Waals surface area contributed by atoms with Crippen molar-refractivity contribution < 1.29 is 49.2 Å². The quantitative estimate of drug-likeness (QED) is 0.154. The van der Waals surface area contributed by atoms with Crippen molar-refractivity contribution in [1.82, 2.24) is 20.9 Å². The van der Waals surface area contributed by atoms with Gasteiger partial charge in [0, 0.05) is 25.8 Å². The Hall–Kier alpha value is -5.14. The molecule has 44 heavy (non-hydrogen) atoms. The molecule has 14 nitrogen and oxygen atoms in total. The topological polar surface area (TPSA) is 223 Å². The monoisotopic (exact) mass is 612 g/mol. The van der Waals surface area contributed by atoms with Crippen LogP contribution < -0.4 is 16.0 Å². The van der Waals surface area contributed by atoms with E-state index in [4.69, 9.17) is 5.11 Å². The van der Waals surface area contributed by atoms with Crippen molar-refractivity contribution in [1.29, 1.82) is 0 Å². The third-order valence-electron chi connectivity index (χ3n) is 7.15. The molecule has 1 aliphatic heterocycles. The molecular weight excluding hydrogens is 576 g/mol. The molecule has 2 aromatic carbocycles. The number of likely N-dealkylation sites (tertiary alicyclic amines) is 1. The summed E-state index contributed by atoms with van der Waals surface area (Å²) in [6.45, 7) is 1.45. The summed E-state index contributed by atoms with van der Waals surface area (Å²) in [5.41, 5.74) is 1.17. The number of hydrogen-bond donors (Lipinski definition) is 7. The molecule has 0 aliphatic carbocycles. The highest BCUT2D eigenvalue weighted by atomic mass is 16.4. The van der Waals surface area contributed by atoms with Crippen molar-refractivity contribution in [3.8, 4) is 11.5 Å². The van der Waals surface area contributed by atoms with Crippen molar-refractivity contribution in [3.05, 3.63) is 59.7 Å². The lowest BCUT2D eigenvalue weighted by Gasteiger charge is -2.30. The smallest absolute Gasteiger partial charge is 0.325 e. The summed E-state index contributed by atoms with van der Waals surface area (Å²) in [4.78, 5) is 76.4. The molecule has 0 bridgehead atoms. The van der Waals surface area contributed by atoms with Crippen molar-refractivity contribution in [2.45, 2.75) is 69.6 Å². The van der Waals surface area contributed by atoms with Gasteiger partial charge in [0.15, 0.2) is 0 Å². The van der Waals surface area contributed by atoms with E-state index in [2.05, 4.69) is 16.0 Å². The highest BCUT2D eigenvalue weighted by Gasteiger charge is 2.39. The lowest BCUT2D eigenvalue weighted by atomic mass is 10.0. The van der Waals surface area contributed by atoms with E-state index in [-0.39, 0.29) is 43.7 Å². The van der Waals surface area contributed by atoms with E-state index in [0.717, 1.165) is 0 Å². The van der Waals surface area contributed by atoms with Crippen molar-refractivity contribution in [3.63, 3.8) is 0 Å². The highest BCUT2D eigenvalue weighted by molar-refractivity contribution is 5.95. The predicted molar refractivity (Wildman–Crippen MR) is 154 cm³/mol. The lowest BCUT2D eigenvalue weighted by molar-refractivity contribution is -0.143. The van der Waals surface area contributed by atoms with Gasteiger partial charge in [-0.1, -0.05) is 24.3 Å². The van der Waals surface area contributed by atoms with Crippen LogP contribution in [0.1, 0.15) is 43.7 Å². The normalized spacial score (nSPS) is 16.3. The molecular formula is C30H36N4O10. The summed E-state index contributed by atoms with van der Waals surface area (Å²) in [5.74, 6) is -5.11. The Morgan fingerprint density at radius 3 is 1.86 bits per heavy atom. The molecule has 3 rings (SSSR count). The van der Waals surface area contributed by atoms with Gasteiger partial charge in [0.05, 0.1) is 6.42 Å². The second-order valence-corrected chi connectivity index (χ2v) is 10.6. The molecule has 0 spiro atoms. The fraction of sp³-hybridized carbons (Fsp3) is 0.400. The Labute approximate surface area is 253 Å². The first-order valence-electron chi connectivity index (χ1n) is 14.0. The zero-order valence-corrected chi connectivity index (χ0v) is 24.1. The van der Waals surface area contributed by atoms with Gasteiger partial charge in [0.1, 0.15) is 35.7 Å². The molecule has 1 saturated heterocycles. The average molecular weight is 613 g/mol. The first kappa shape index (κ1) is 33.4. The second-order valence-electron chi connectivity index (χ2n) is 10.6. The van der Waals surface area contributed by atoms with Gasteiger partial charge in [-0.25, -0.2) is 0 Å². The number of phenolic OH excluding ortho intramolecular Hbond substituents is 2. The number of hydrogen-bond acceptors (Lipinski definition) is 8. The van der Waals surface area contributed by atoms with E-state index in [1.807, 2.05) is 0 Å². The van der Waals surface area contributed by atoms with Gasteiger partial charge in [-0.2, -0.15) is 0 Å². The Balaban J connectivity index is 1.80. The SMILES string of the molecule is C[C@H](NC(=O)[C@H](Cc1ccc(O)cc1)NC(=O)[C@@H]1CCCN1C(=O)[C@H](Cc1ccc(O)cc1)NC(=O)CCC(=O)O)C(=O)O. The van der Waals surface area contributed by atoms with Gasteiger partial charge in [0.25, 0.3) is 0 Å². The molecule has 0 radical (unpaired) electrons. The molecule has 236 valence electrons. The number of aliphatic carboxylic acids is 2. The Morgan fingerprint density at radius 1 is 0.795 bits per heavy atom. The number of benzene rings is 2. The Bertz CT molecular complexity index is 1360. The van der Waals surface area contributed by atoms with Crippen LogP contribution in [0.25, 0.3) is 0 Å². The number of carbonyl (C=O) groups is 6. The number of aromatic hydroxyl groups is 2. The minimum atomic E-state index is -1.27. The van der Waals surface area contributed by atoms with Gasteiger partial charge in [-0.3, -0.25) is 28.8 Å². The van der Waals surface area contributed by atoms with Crippen LogP contribution in [0, 0.1) is 0 Å². The van der Waals surface area contributed by atoms with E-state index in [9.17, 15) is 44.1 Å². The molecule has 1 aliphatic rings. The van der Waals surface area contributed by atoms with E-state index < -0.39 is 66.2 Å². The van der Waals surface area contributed by atoms with E-state index in [1.165, 1.54) is 36.1 Å². The minimum Gasteiger partial charge on any atom is -0.508 e. The van der Waals surface area contributed by atoms with E-state index in [0.29, 0.717) is 17.5 Å². The number of carboxylic acid groups (broad SMARTS) is 2. The molecule has 0 saturated carbocycles. The summed E-state index contributed by atoms with van der Waals surface area (Å²) in [6.07, 6.45) is -0.119.